The number of aliphatic imine (C=N–C) groups is 1. The third-order valence-electron chi connectivity index (χ3n) is 4.26. The van der Waals surface area contributed by atoms with Gasteiger partial charge < -0.3 is 15.1 Å². The number of guanidine groups is 1. The normalized spacial score (nSPS) is 22.6. The van der Waals surface area contributed by atoms with Crippen molar-refractivity contribution >= 4 is 11.6 Å². The lowest BCUT2D eigenvalue weighted by atomic mass is 9.92. The van der Waals surface area contributed by atoms with Crippen molar-refractivity contribution in [1.29, 1.82) is 0 Å². The number of nitrogens with zero attached hydrogens (tertiary/aromatic N) is 3. The van der Waals surface area contributed by atoms with E-state index in [2.05, 4.69) is 72.3 Å². The second-order valence-corrected chi connectivity index (χ2v) is 6.82. The summed E-state index contributed by atoms with van der Waals surface area (Å²) in [6.45, 7) is 7.67. The lowest BCUT2D eigenvalue weighted by Crippen LogP contribution is -2.48. The smallest absolute Gasteiger partial charge is 0.193 e. The van der Waals surface area contributed by atoms with Crippen LogP contribution in [-0.4, -0.2) is 45.1 Å². The molecule has 0 aromatic heterocycles. The van der Waals surface area contributed by atoms with E-state index < -0.39 is 0 Å². The molecule has 0 amide bonds. The van der Waals surface area contributed by atoms with Crippen LogP contribution in [0.1, 0.15) is 25.8 Å². The van der Waals surface area contributed by atoms with Crippen LogP contribution in [0.5, 0.6) is 0 Å². The molecular formula is C18H30N4. The lowest BCUT2D eigenvalue weighted by molar-refractivity contribution is 0.208. The second kappa shape index (κ2) is 7.52. The molecule has 1 heterocycles. The number of hydrogen-bond acceptors (Lipinski definition) is 2. The maximum Gasteiger partial charge on any atom is 0.193 e. The average molecular weight is 302 g/mol. The highest BCUT2D eigenvalue weighted by Gasteiger charge is 2.23. The number of likely N-dealkylation sites (tertiary alicyclic amines) is 1. The fraction of sp³-hybridized carbons (Fsp3) is 0.611. The molecule has 4 heteroatoms. The lowest BCUT2D eigenvalue weighted by Gasteiger charge is -2.37. The highest BCUT2D eigenvalue weighted by molar-refractivity contribution is 5.80. The monoisotopic (exact) mass is 302 g/mol. The zero-order valence-corrected chi connectivity index (χ0v) is 14.6. The largest absolute Gasteiger partial charge is 0.378 e. The number of rotatable bonds is 3. The maximum absolute atomic E-state index is 4.47. The Balaban J connectivity index is 1.98. The first kappa shape index (κ1) is 16.7. The maximum atomic E-state index is 4.47. The van der Waals surface area contributed by atoms with Crippen LogP contribution >= 0.6 is 0 Å². The van der Waals surface area contributed by atoms with Gasteiger partial charge >= 0.3 is 0 Å². The van der Waals surface area contributed by atoms with Crippen molar-refractivity contribution in [1.82, 2.24) is 10.2 Å². The van der Waals surface area contributed by atoms with Crippen molar-refractivity contribution in [3.05, 3.63) is 29.8 Å². The fourth-order valence-corrected chi connectivity index (χ4v) is 3.29. The summed E-state index contributed by atoms with van der Waals surface area (Å²) >= 11 is 0. The molecular weight excluding hydrogens is 272 g/mol. The number of hydrogen-bond donors (Lipinski definition) is 1. The molecule has 1 aromatic carbocycles. The van der Waals surface area contributed by atoms with Crippen molar-refractivity contribution < 1.29 is 0 Å². The van der Waals surface area contributed by atoms with Crippen LogP contribution in [0.2, 0.25) is 0 Å². The highest BCUT2D eigenvalue weighted by Crippen LogP contribution is 2.21. The zero-order chi connectivity index (χ0) is 16.1. The number of anilines is 1. The van der Waals surface area contributed by atoms with Gasteiger partial charge in [-0.05, 0) is 36.0 Å². The van der Waals surface area contributed by atoms with Crippen LogP contribution in [-0.2, 0) is 6.54 Å². The topological polar surface area (TPSA) is 30.9 Å². The minimum Gasteiger partial charge on any atom is -0.378 e. The summed E-state index contributed by atoms with van der Waals surface area (Å²) in [6.07, 6.45) is 1.32. The van der Waals surface area contributed by atoms with E-state index in [1.165, 1.54) is 17.7 Å². The Bertz CT molecular complexity index is 500. The SMILES string of the molecule is CN=C(NCc1cccc(N(C)C)c1)N1CC(C)CC(C)C1. The molecule has 122 valence electrons. The summed E-state index contributed by atoms with van der Waals surface area (Å²) in [5.41, 5.74) is 2.51. The molecule has 4 nitrogen and oxygen atoms in total. The van der Waals surface area contributed by atoms with Crippen molar-refractivity contribution in [2.24, 2.45) is 16.8 Å². The zero-order valence-electron chi connectivity index (χ0n) is 14.6. The molecule has 2 rings (SSSR count). The molecule has 0 radical (unpaired) electrons. The third-order valence-corrected chi connectivity index (χ3v) is 4.26. The van der Waals surface area contributed by atoms with Gasteiger partial charge in [-0.25, -0.2) is 0 Å². The van der Waals surface area contributed by atoms with Crippen LogP contribution in [0, 0.1) is 11.8 Å². The van der Waals surface area contributed by atoms with Gasteiger partial charge in [0.15, 0.2) is 5.96 Å². The van der Waals surface area contributed by atoms with Gasteiger partial charge in [0.1, 0.15) is 0 Å². The molecule has 0 saturated carbocycles. The summed E-state index contributed by atoms with van der Waals surface area (Å²) in [5, 5.41) is 3.52. The first-order chi connectivity index (χ1) is 10.5. The Morgan fingerprint density at radius 1 is 1.27 bits per heavy atom. The first-order valence-corrected chi connectivity index (χ1v) is 8.21. The van der Waals surface area contributed by atoms with Crippen molar-refractivity contribution in [2.45, 2.75) is 26.8 Å². The number of piperidine rings is 1. The van der Waals surface area contributed by atoms with Crippen LogP contribution in [0.25, 0.3) is 0 Å². The van der Waals surface area contributed by atoms with Crippen LogP contribution < -0.4 is 10.2 Å². The van der Waals surface area contributed by atoms with E-state index in [-0.39, 0.29) is 0 Å². The average Bonchev–Trinajstić information content (AvgIpc) is 2.47. The van der Waals surface area contributed by atoms with E-state index >= 15 is 0 Å². The van der Waals surface area contributed by atoms with Crippen molar-refractivity contribution in [3.63, 3.8) is 0 Å². The number of nitrogens with one attached hydrogen (secondary N) is 1. The fourth-order valence-electron chi connectivity index (χ4n) is 3.29. The van der Waals surface area contributed by atoms with E-state index in [0.717, 1.165) is 37.4 Å². The van der Waals surface area contributed by atoms with Gasteiger partial charge in [0.25, 0.3) is 0 Å². The molecule has 2 atom stereocenters. The Hall–Kier alpha value is -1.71. The van der Waals surface area contributed by atoms with Crippen LogP contribution in [0.4, 0.5) is 5.69 Å². The van der Waals surface area contributed by atoms with Crippen molar-refractivity contribution in [3.8, 4) is 0 Å². The van der Waals surface area contributed by atoms with E-state index in [1.807, 2.05) is 7.05 Å². The first-order valence-electron chi connectivity index (χ1n) is 8.21. The summed E-state index contributed by atoms with van der Waals surface area (Å²) in [7, 11) is 6.02. The second-order valence-electron chi connectivity index (χ2n) is 6.82. The van der Waals surface area contributed by atoms with Crippen molar-refractivity contribution in [2.75, 3.05) is 39.1 Å². The molecule has 2 unspecified atom stereocenters. The van der Waals surface area contributed by atoms with E-state index in [9.17, 15) is 0 Å². The standard InChI is InChI=1S/C18H30N4/c1-14-9-15(2)13-22(12-14)18(19-3)20-11-16-7-6-8-17(10-16)21(4)5/h6-8,10,14-15H,9,11-13H2,1-5H3,(H,19,20). The summed E-state index contributed by atoms with van der Waals surface area (Å²) in [5.74, 6) is 2.49. The molecule has 0 bridgehead atoms. The van der Waals surface area contributed by atoms with Gasteiger partial charge in [-0.1, -0.05) is 26.0 Å². The van der Waals surface area contributed by atoms with Gasteiger partial charge in [0, 0.05) is 46.5 Å². The Morgan fingerprint density at radius 2 is 1.95 bits per heavy atom. The minimum absolute atomic E-state index is 0.736. The van der Waals surface area contributed by atoms with E-state index in [0.29, 0.717) is 0 Å². The van der Waals surface area contributed by atoms with Gasteiger partial charge in [-0.3, -0.25) is 4.99 Å². The van der Waals surface area contributed by atoms with Gasteiger partial charge in [-0.15, -0.1) is 0 Å². The minimum atomic E-state index is 0.736. The molecule has 1 aliphatic rings. The molecule has 1 saturated heterocycles. The Morgan fingerprint density at radius 3 is 2.55 bits per heavy atom. The Kier molecular flexibility index (Phi) is 5.69. The molecule has 0 aliphatic carbocycles. The van der Waals surface area contributed by atoms with Gasteiger partial charge in [0.2, 0.25) is 0 Å². The predicted octanol–water partition coefficient (Wildman–Crippen LogP) is 2.81. The van der Waals surface area contributed by atoms with Crippen LogP contribution in [0.15, 0.2) is 29.3 Å². The highest BCUT2D eigenvalue weighted by atomic mass is 15.3. The molecule has 1 N–H and O–H groups in total. The molecule has 1 aromatic rings. The Labute approximate surface area is 135 Å². The van der Waals surface area contributed by atoms with Gasteiger partial charge in [-0.2, -0.15) is 0 Å². The summed E-state index contributed by atoms with van der Waals surface area (Å²) in [6, 6.07) is 8.63. The van der Waals surface area contributed by atoms with E-state index in [4.69, 9.17) is 0 Å². The number of benzene rings is 1. The van der Waals surface area contributed by atoms with E-state index in [1.54, 1.807) is 0 Å². The summed E-state index contributed by atoms with van der Waals surface area (Å²) in [4.78, 5) is 9.00. The van der Waals surface area contributed by atoms with Crippen LogP contribution in [0.3, 0.4) is 0 Å². The molecule has 0 spiro atoms. The summed E-state index contributed by atoms with van der Waals surface area (Å²) < 4.78 is 0. The third kappa shape index (κ3) is 4.39. The molecule has 1 fully saturated rings. The predicted molar refractivity (Wildman–Crippen MR) is 95.5 cm³/mol. The molecule has 22 heavy (non-hydrogen) atoms. The quantitative estimate of drug-likeness (QED) is 0.688. The van der Waals surface area contributed by atoms with Gasteiger partial charge in [0.05, 0.1) is 0 Å². The molecule has 1 aliphatic heterocycles.